The fourth-order valence-electron chi connectivity index (χ4n) is 3.34. The van der Waals surface area contributed by atoms with E-state index in [1.165, 1.54) is 25.7 Å². The van der Waals surface area contributed by atoms with Crippen molar-refractivity contribution in [3.63, 3.8) is 0 Å². The SMILES string of the molecule is Cc1ccc2nc(CCl)n(CC3CCCCC3C)c2n1. The maximum absolute atomic E-state index is 6.09. The number of halogens is 1. The van der Waals surface area contributed by atoms with E-state index in [1.54, 1.807) is 0 Å². The van der Waals surface area contributed by atoms with Crippen LogP contribution in [0.5, 0.6) is 0 Å². The largest absolute Gasteiger partial charge is 0.311 e. The third-order valence-corrected chi connectivity index (χ3v) is 4.88. The lowest BCUT2D eigenvalue weighted by molar-refractivity contribution is 0.229. The van der Waals surface area contributed by atoms with E-state index in [-0.39, 0.29) is 0 Å². The van der Waals surface area contributed by atoms with Crippen LogP contribution < -0.4 is 0 Å². The van der Waals surface area contributed by atoms with Crippen molar-refractivity contribution in [2.24, 2.45) is 11.8 Å². The molecule has 20 heavy (non-hydrogen) atoms. The lowest BCUT2D eigenvalue weighted by Crippen LogP contribution is -2.23. The van der Waals surface area contributed by atoms with Crippen LogP contribution in [0.25, 0.3) is 11.2 Å². The monoisotopic (exact) mass is 291 g/mol. The molecule has 2 aromatic heterocycles. The lowest BCUT2D eigenvalue weighted by atomic mass is 9.80. The molecule has 4 heteroatoms. The van der Waals surface area contributed by atoms with Crippen molar-refractivity contribution in [2.75, 3.05) is 0 Å². The molecule has 1 fully saturated rings. The normalized spacial score (nSPS) is 23.4. The first-order valence-corrected chi connectivity index (χ1v) is 8.11. The van der Waals surface area contributed by atoms with Gasteiger partial charge in [-0.3, -0.25) is 0 Å². The number of aromatic nitrogens is 3. The van der Waals surface area contributed by atoms with E-state index in [4.69, 9.17) is 11.6 Å². The van der Waals surface area contributed by atoms with E-state index in [0.717, 1.165) is 41.1 Å². The molecule has 0 radical (unpaired) electrons. The molecule has 0 N–H and O–H groups in total. The summed E-state index contributed by atoms with van der Waals surface area (Å²) in [7, 11) is 0. The molecular weight excluding hydrogens is 270 g/mol. The zero-order chi connectivity index (χ0) is 14.1. The van der Waals surface area contributed by atoms with Crippen LogP contribution in [-0.2, 0) is 12.4 Å². The lowest BCUT2D eigenvalue weighted by Gasteiger charge is -2.29. The predicted molar refractivity (Wildman–Crippen MR) is 82.9 cm³/mol. The molecule has 0 spiro atoms. The van der Waals surface area contributed by atoms with Crippen molar-refractivity contribution < 1.29 is 0 Å². The number of alkyl halides is 1. The van der Waals surface area contributed by atoms with Gasteiger partial charge in [0.05, 0.1) is 5.88 Å². The first kappa shape index (κ1) is 13.9. The molecule has 1 aliphatic rings. The molecule has 2 aromatic rings. The number of nitrogens with zero attached hydrogens (tertiary/aromatic N) is 3. The molecule has 108 valence electrons. The Morgan fingerprint density at radius 2 is 2.05 bits per heavy atom. The molecule has 2 heterocycles. The average Bonchev–Trinajstić information content (AvgIpc) is 2.79. The quantitative estimate of drug-likeness (QED) is 0.789. The van der Waals surface area contributed by atoms with E-state index in [1.807, 2.05) is 13.0 Å². The summed E-state index contributed by atoms with van der Waals surface area (Å²) in [5.41, 5.74) is 3.00. The minimum absolute atomic E-state index is 0.455. The van der Waals surface area contributed by atoms with Crippen molar-refractivity contribution in [1.82, 2.24) is 14.5 Å². The number of hydrogen-bond acceptors (Lipinski definition) is 2. The second-order valence-electron chi connectivity index (χ2n) is 6.09. The molecular formula is C16H22ClN3. The standard InChI is InChI=1S/C16H22ClN3/c1-11-5-3-4-6-13(11)10-20-15(9-17)19-14-8-7-12(2)18-16(14)20/h7-8,11,13H,3-6,9-10H2,1-2H3. The van der Waals surface area contributed by atoms with Gasteiger partial charge in [-0.25, -0.2) is 9.97 Å². The minimum Gasteiger partial charge on any atom is -0.311 e. The summed E-state index contributed by atoms with van der Waals surface area (Å²) in [6.45, 7) is 5.42. The zero-order valence-electron chi connectivity index (χ0n) is 12.3. The first-order chi connectivity index (χ1) is 9.69. The molecule has 0 saturated heterocycles. The van der Waals surface area contributed by atoms with E-state index in [9.17, 15) is 0 Å². The zero-order valence-corrected chi connectivity index (χ0v) is 13.0. The second kappa shape index (κ2) is 5.72. The van der Waals surface area contributed by atoms with Gasteiger partial charge in [-0.05, 0) is 37.3 Å². The summed E-state index contributed by atoms with van der Waals surface area (Å²) in [5.74, 6) is 2.92. The predicted octanol–water partition coefficient (Wildman–Crippen LogP) is 4.30. The molecule has 3 nitrogen and oxygen atoms in total. The summed E-state index contributed by atoms with van der Waals surface area (Å²) in [6.07, 6.45) is 5.39. The van der Waals surface area contributed by atoms with E-state index in [0.29, 0.717) is 5.88 Å². The number of pyridine rings is 1. The van der Waals surface area contributed by atoms with Crippen LogP contribution in [0.1, 0.15) is 44.1 Å². The minimum atomic E-state index is 0.455. The third kappa shape index (κ3) is 2.56. The highest BCUT2D eigenvalue weighted by molar-refractivity contribution is 6.16. The maximum Gasteiger partial charge on any atom is 0.160 e. The molecule has 0 amide bonds. The Balaban J connectivity index is 1.98. The van der Waals surface area contributed by atoms with Gasteiger partial charge < -0.3 is 4.57 Å². The summed E-state index contributed by atoms with van der Waals surface area (Å²) in [5, 5.41) is 0. The molecule has 0 bridgehead atoms. The Labute approximate surface area is 125 Å². The number of hydrogen-bond donors (Lipinski definition) is 0. The van der Waals surface area contributed by atoms with E-state index in [2.05, 4.69) is 27.5 Å². The topological polar surface area (TPSA) is 30.7 Å². The highest BCUT2D eigenvalue weighted by Gasteiger charge is 2.23. The van der Waals surface area contributed by atoms with Crippen LogP contribution >= 0.6 is 11.6 Å². The number of aryl methyl sites for hydroxylation is 1. The Bertz CT molecular complexity index is 605. The van der Waals surface area contributed by atoms with Gasteiger partial charge in [0.15, 0.2) is 5.65 Å². The Morgan fingerprint density at radius 3 is 2.80 bits per heavy atom. The summed E-state index contributed by atoms with van der Waals surface area (Å²) >= 11 is 6.09. The summed E-state index contributed by atoms with van der Waals surface area (Å²) in [4.78, 5) is 9.31. The maximum atomic E-state index is 6.09. The molecule has 0 aromatic carbocycles. The molecule has 0 aliphatic heterocycles. The van der Waals surface area contributed by atoms with Gasteiger partial charge in [-0.1, -0.05) is 26.2 Å². The van der Waals surface area contributed by atoms with Gasteiger partial charge in [0, 0.05) is 12.2 Å². The van der Waals surface area contributed by atoms with E-state index >= 15 is 0 Å². The number of fused-ring (bicyclic) bond motifs is 1. The van der Waals surface area contributed by atoms with Crippen LogP contribution in [0.4, 0.5) is 0 Å². The second-order valence-corrected chi connectivity index (χ2v) is 6.36. The van der Waals surface area contributed by atoms with Gasteiger partial charge in [-0.2, -0.15) is 0 Å². The first-order valence-electron chi connectivity index (χ1n) is 7.57. The Morgan fingerprint density at radius 1 is 1.25 bits per heavy atom. The van der Waals surface area contributed by atoms with Crippen LogP contribution in [0.3, 0.4) is 0 Å². The Hall–Kier alpha value is -1.09. The highest BCUT2D eigenvalue weighted by Crippen LogP contribution is 2.32. The van der Waals surface area contributed by atoms with Crippen molar-refractivity contribution in [3.05, 3.63) is 23.7 Å². The summed E-state index contributed by atoms with van der Waals surface area (Å²) < 4.78 is 2.25. The van der Waals surface area contributed by atoms with Crippen LogP contribution in [0.2, 0.25) is 0 Å². The molecule has 2 atom stereocenters. The van der Waals surface area contributed by atoms with Crippen molar-refractivity contribution in [3.8, 4) is 0 Å². The molecule has 3 rings (SSSR count). The van der Waals surface area contributed by atoms with E-state index < -0.39 is 0 Å². The molecule has 1 saturated carbocycles. The van der Waals surface area contributed by atoms with Gasteiger partial charge in [0.1, 0.15) is 11.3 Å². The molecule has 2 unspecified atom stereocenters. The van der Waals surface area contributed by atoms with Crippen molar-refractivity contribution in [2.45, 2.75) is 52.0 Å². The van der Waals surface area contributed by atoms with Crippen LogP contribution in [-0.4, -0.2) is 14.5 Å². The van der Waals surface area contributed by atoms with Gasteiger partial charge >= 0.3 is 0 Å². The van der Waals surface area contributed by atoms with Gasteiger partial charge in [-0.15, -0.1) is 11.6 Å². The van der Waals surface area contributed by atoms with Gasteiger partial charge in [0.25, 0.3) is 0 Å². The van der Waals surface area contributed by atoms with Gasteiger partial charge in [0.2, 0.25) is 0 Å². The smallest absolute Gasteiger partial charge is 0.160 e. The summed E-state index contributed by atoms with van der Waals surface area (Å²) in [6, 6.07) is 4.06. The number of rotatable bonds is 3. The van der Waals surface area contributed by atoms with Crippen molar-refractivity contribution in [1.29, 1.82) is 0 Å². The van der Waals surface area contributed by atoms with Crippen molar-refractivity contribution >= 4 is 22.8 Å². The third-order valence-electron chi connectivity index (χ3n) is 4.64. The fraction of sp³-hybridized carbons (Fsp3) is 0.625. The van der Waals surface area contributed by atoms with Crippen LogP contribution in [0.15, 0.2) is 12.1 Å². The average molecular weight is 292 g/mol. The molecule has 1 aliphatic carbocycles. The Kier molecular flexibility index (Phi) is 3.97. The fourth-order valence-corrected chi connectivity index (χ4v) is 3.54. The number of imidazole rings is 1. The highest BCUT2D eigenvalue weighted by atomic mass is 35.5. The van der Waals surface area contributed by atoms with Crippen LogP contribution in [0, 0.1) is 18.8 Å².